The summed E-state index contributed by atoms with van der Waals surface area (Å²) >= 11 is 4.91. The third-order valence-corrected chi connectivity index (χ3v) is 4.40. The Balaban J connectivity index is 2.18. The number of carbonyl (C=O) groups is 1. The van der Waals surface area contributed by atoms with E-state index in [1.165, 1.54) is 17.2 Å². The highest BCUT2D eigenvalue weighted by Crippen LogP contribution is 2.22. The van der Waals surface area contributed by atoms with E-state index < -0.39 is 5.82 Å². The van der Waals surface area contributed by atoms with E-state index in [0.29, 0.717) is 6.54 Å². The van der Waals surface area contributed by atoms with E-state index in [9.17, 15) is 9.18 Å². The van der Waals surface area contributed by atoms with Gasteiger partial charge < -0.3 is 10.2 Å². The summed E-state index contributed by atoms with van der Waals surface area (Å²) in [4.78, 5) is 18.6. The summed E-state index contributed by atoms with van der Waals surface area (Å²) in [6.45, 7) is 0.436. The van der Waals surface area contributed by atoms with Crippen molar-refractivity contribution in [2.24, 2.45) is 0 Å². The summed E-state index contributed by atoms with van der Waals surface area (Å²) in [6, 6.07) is 3.33. The summed E-state index contributed by atoms with van der Waals surface area (Å²) in [6.07, 6.45) is 1.41. The van der Waals surface area contributed by atoms with E-state index in [2.05, 4.69) is 26.2 Å². The number of pyridine rings is 1. The van der Waals surface area contributed by atoms with Gasteiger partial charge in [0.15, 0.2) is 11.6 Å². The zero-order valence-corrected chi connectivity index (χ0v) is 13.4. The molecule has 0 saturated heterocycles. The molecule has 0 saturated carbocycles. The summed E-state index contributed by atoms with van der Waals surface area (Å²) in [7, 11) is 3.21. The van der Waals surface area contributed by atoms with Crippen LogP contribution in [0.3, 0.4) is 0 Å². The predicted molar refractivity (Wildman–Crippen MR) is 81.6 cm³/mol. The molecule has 0 atom stereocenters. The molecule has 2 rings (SSSR count). The van der Waals surface area contributed by atoms with Gasteiger partial charge in [0.2, 0.25) is 0 Å². The van der Waals surface area contributed by atoms with Crippen LogP contribution < -0.4 is 5.32 Å². The molecule has 1 N–H and O–H groups in total. The number of thiophene rings is 1. The molecule has 0 spiro atoms. The number of nitrogens with one attached hydrogen (secondary N) is 1. The average molecular weight is 358 g/mol. The molecule has 0 aromatic carbocycles. The van der Waals surface area contributed by atoms with Crippen molar-refractivity contribution >= 4 is 39.0 Å². The first-order valence-corrected chi connectivity index (χ1v) is 7.51. The Morgan fingerprint density at radius 1 is 1.60 bits per heavy atom. The normalized spacial score (nSPS) is 10.4. The van der Waals surface area contributed by atoms with Crippen LogP contribution in [0.5, 0.6) is 0 Å². The van der Waals surface area contributed by atoms with Crippen molar-refractivity contribution in [3.8, 4) is 0 Å². The first kappa shape index (κ1) is 14.9. The molecule has 2 aromatic heterocycles. The van der Waals surface area contributed by atoms with Crippen molar-refractivity contribution in [2.75, 3.05) is 19.4 Å². The third kappa shape index (κ3) is 3.16. The zero-order chi connectivity index (χ0) is 14.7. The fourth-order valence-electron chi connectivity index (χ4n) is 1.73. The molecular weight excluding hydrogens is 345 g/mol. The van der Waals surface area contributed by atoms with Gasteiger partial charge in [-0.2, -0.15) is 0 Å². The van der Waals surface area contributed by atoms with Gasteiger partial charge in [0.25, 0.3) is 5.91 Å². The number of anilines is 1. The second kappa shape index (κ2) is 6.32. The molecule has 0 aliphatic rings. The molecule has 4 nitrogen and oxygen atoms in total. The van der Waals surface area contributed by atoms with Crippen molar-refractivity contribution in [1.29, 1.82) is 0 Å². The number of amides is 1. The third-order valence-electron chi connectivity index (χ3n) is 2.72. The van der Waals surface area contributed by atoms with Crippen LogP contribution in [0.2, 0.25) is 0 Å². The summed E-state index contributed by atoms with van der Waals surface area (Å²) in [5, 5.41) is 4.57. The van der Waals surface area contributed by atoms with Gasteiger partial charge in [-0.15, -0.1) is 11.3 Å². The van der Waals surface area contributed by atoms with Crippen LogP contribution in [0.4, 0.5) is 10.2 Å². The van der Waals surface area contributed by atoms with Crippen molar-refractivity contribution in [1.82, 2.24) is 9.88 Å². The standard InChI is InChI=1S/C13H13BrFN3OS/c1-16-12-11(15)10(3-4-17-12)13(19)18(2)6-9-5-8(14)7-20-9/h3-5,7H,6H2,1-2H3,(H,16,17). The number of carbonyl (C=O) groups excluding carboxylic acids is 1. The molecular formula is C13H13BrFN3OS. The van der Waals surface area contributed by atoms with Gasteiger partial charge in [0.1, 0.15) is 0 Å². The lowest BCUT2D eigenvalue weighted by Gasteiger charge is -2.17. The Bertz CT molecular complexity index is 632. The maximum absolute atomic E-state index is 14.0. The zero-order valence-electron chi connectivity index (χ0n) is 11.0. The lowest BCUT2D eigenvalue weighted by Crippen LogP contribution is -2.27. The molecule has 7 heteroatoms. The fourth-order valence-corrected chi connectivity index (χ4v) is 3.23. The Morgan fingerprint density at radius 3 is 2.95 bits per heavy atom. The van der Waals surface area contributed by atoms with Crippen LogP contribution in [-0.4, -0.2) is 29.9 Å². The van der Waals surface area contributed by atoms with Gasteiger partial charge in [0.05, 0.1) is 12.1 Å². The molecule has 0 unspecified atom stereocenters. The smallest absolute Gasteiger partial charge is 0.257 e. The molecule has 2 heterocycles. The second-order valence-corrected chi connectivity index (χ2v) is 6.08. The predicted octanol–water partition coefficient (Wildman–Crippen LogP) is 3.36. The highest BCUT2D eigenvalue weighted by Gasteiger charge is 2.19. The van der Waals surface area contributed by atoms with Gasteiger partial charge in [0, 0.05) is 35.0 Å². The van der Waals surface area contributed by atoms with Crippen molar-refractivity contribution in [3.63, 3.8) is 0 Å². The number of aromatic nitrogens is 1. The van der Waals surface area contributed by atoms with E-state index >= 15 is 0 Å². The van der Waals surface area contributed by atoms with Gasteiger partial charge in [-0.1, -0.05) is 0 Å². The first-order valence-electron chi connectivity index (χ1n) is 5.83. The largest absolute Gasteiger partial charge is 0.371 e. The minimum absolute atomic E-state index is 0.0162. The van der Waals surface area contributed by atoms with Crippen molar-refractivity contribution < 1.29 is 9.18 Å². The van der Waals surface area contributed by atoms with Crippen LogP contribution in [0.15, 0.2) is 28.2 Å². The van der Waals surface area contributed by atoms with Gasteiger partial charge >= 0.3 is 0 Å². The Labute approximate surface area is 128 Å². The van der Waals surface area contributed by atoms with Crippen LogP contribution >= 0.6 is 27.3 Å². The molecule has 0 aliphatic carbocycles. The number of rotatable bonds is 4. The van der Waals surface area contributed by atoms with E-state index in [4.69, 9.17) is 0 Å². The van der Waals surface area contributed by atoms with Crippen LogP contribution in [0, 0.1) is 5.82 Å². The summed E-state index contributed by atoms with van der Waals surface area (Å²) < 4.78 is 15.0. The molecule has 106 valence electrons. The van der Waals surface area contributed by atoms with E-state index in [1.54, 1.807) is 25.4 Å². The van der Waals surface area contributed by atoms with Gasteiger partial charge in [-0.3, -0.25) is 4.79 Å². The maximum atomic E-state index is 14.0. The van der Waals surface area contributed by atoms with Crippen LogP contribution in [0.25, 0.3) is 0 Å². The quantitative estimate of drug-likeness (QED) is 0.912. The number of nitrogens with zero attached hydrogens (tertiary/aromatic N) is 2. The van der Waals surface area contributed by atoms with Gasteiger partial charge in [-0.25, -0.2) is 9.37 Å². The number of halogens is 2. The fraction of sp³-hybridized carbons (Fsp3) is 0.231. The second-order valence-electron chi connectivity index (χ2n) is 4.16. The van der Waals surface area contributed by atoms with Crippen LogP contribution in [-0.2, 0) is 6.54 Å². The number of hydrogen-bond acceptors (Lipinski definition) is 4. The minimum atomic E-state index is -0.626. The maximum Gasteiger partial charge on any atom is 0.257 e. The van der Waals surface area contributed by atoms with Crippen molar-refractivity contribution in [3.05, 3.63) is 44.4 Å². The minimum Gasteiger partial charge on any atom is -0.371 e. The van der Waals surface area contributed by atoms with Crippen molar-refractivity contribution in [2.45, 2.75) is 6.54 Å². The number of hydrogen-bond donors (Lipinski definition) is 1. The Morgan fingerprint density at radius 2 is 2.35 bits per heavy atom. The summed E-state index contributed by atoms with van der Waals surface area (Å²) in [5.41, 5.74) is 0.0162. The lowest BCUT2D eigenvalue weighted by molar-refractivity contribution is 0.0781. The SMILES string of the molecule is CNc1nccc(C(=O)N(C)Cc2cc(Br)cs2)c1F. The first-order chi connectivity index (χ1) is 9.52. The molecule has 0 bridgehead atoms. The highest BCUT2D eigenvalue weighted by molar-refractivity contribution is 9.10. The molecule has 0 radical (unpaired) electrons. The monoisotopic (exact) mass is 357 g/mol. The Hall–Kier alpha value is -1.47. The van der Waals surface area contributed by atoms with Gasteiger partial charge in [-0.05, 0) is 28.1 Å². The lowest BCUT2D eigenvalue weighted by atomic mass is 10.2. The molecule has 2 aromatic rings. The molecule has 0 fully saturated rings. The van der Waals surface area contributed by atoms with Crippen LogP contribution in [0.1, 0.15) is 15.2 Å². The topological polar surface area (TPSA) is 45.2 Å². The highest BCUT2D eigenvalue weighted by atomic mass is 79.9. The van der Waals surface area contributed by atoms with E-state index in [0.717, 1.165) is 9.35 Å². The molecule has 20 heavy (non-hydrogen) atoms. The average Bonchev–Trinajstić information content (AvgIpc) is 2.83. The molecule has 1 amide bonds. The van der Waals surface area contributed by atoms with E-state index in [-0.39, 0.29) is 17.3 Å². The Kier molecular flexibility index (Phi) is 4.72. The summed E-state index contributed by atoms with van der Waals surface area (Å²) in [5.74, 6) is -0.923. The molecule has 0 aliphatic heterocycles. The van der Waals surface area contributed by atoms with E-state index in [1.807, 2.05) is 11.4 Å².